The van der Waals surface area contributed by atoms with Crippen LogP contribution in [-0.2, 0) is 9.53 Å². The largest absolute Gasteiger partial charge is 0.493 e. The molecule has 0 radical (unpaired) electrons. The predicted molar refractivity (Wildman–Crippen MR) is 141 cm³/mol. The summed E-state index contributed by atoms with van der Waals surface area (Å²) in [7, 11) is 4.31. The minimum absolute atomic E-state index is 0.322. The Bertz CT molecular complexity index is 1440. The van der Waals surface area contributed by atoms with E-state index in [1.165, 1.54) is 40.6 Å². The molecular formula is C29H31N3O6. The van der Waals surface area contributed by atoms with E-state index in [9.17, 15) is 9.59 Å². The molecule has 2 heterocycles. The third-order valence-corrected chi connectivity index (χ3v) is 7.09. The molecule has 1 amide bonds. The van der Waals surface area contributed by atoms with Gasteiger partial charge in [-0.1, -0.05) is 25.3 Å². The van der Waals surface area contributed by atoms with E-state index < -0.39 is 17.9 Å². The molecule has 1 saturated carbocycles. The van der Waals surface area contributed by atoms with E-state index in [0.717, 1.165) is 24.2 Å². The van der Waals surface area contributed by atoms with Crippen molar-refractivity contribution in [1.82, 2.24) is 14.9 Å². The average molecular weight is 518 g/mol. The van der Waals surface area contributed by atoms with Gasteiger partial charge in [-0.3, -0.25) is 4.79 Å². The molecule has 4 aromatic rings. The third kappa shape index (κ3) is 4.83. The zero-order chi connectivity index (χ0) is 26.6. The molecule has 9 nitrogen and oxygen atoms in total. The van der Waals surface area contributed by atoms with Crippen LogP contribution in [0.15, 0.2) is 59.2 Å². The van der Waals surface area contributed by atoms with Crippen molar-refractivity contribution >= 4 is 22.9 Å². The van der Waals surface area contributed by atoms with Crippen LogP contribution in [0, 0.1) is 0 Å². The zero-order valence-electron chi connectivity index (χ0n) is 21.7. The Hall–Kier alpha value is -4.27. The second-order valence-electron chi connectivity index (χ2n) is 9.32. The van der Waals surface area contributed by atoms with Gasteiger partial charge in [0.25, 0.3) is 5.91 Å². The Morgan fingerprint density at radius 3 is 2.47 bits per heavy atom. The van der Waals surface area contributed by atoms with Crippen LogP contribution in [0.1, 0.15) is 60.1 Å². The molecule has 2 aromatic carbocycles. The second-order valence-corrected chi connectivity index (χ2v) is 9.32. The van der Waals surface area contributed by atoms with Gasteiger partial charge in [-0.05, 0) is 60.9 Å². The van der Waals surface area contributed by atoms with Crippen molar-refractivity contribution in [2.75, 3.05) is 21.3 Å². The van der Waals surface area contributed by atoms with Crippen LogP contribution >= 0.6 is 0 Å². The number of benzene rings is 2. The molecule has 1 fully saturated rings. The number of rotatable bonds is 8. The number of hydrogen-bond acceptors (Lipinski definition) is 7. The number of methoxy groups -OCH3 is 3. The molecule has 0 bridgehead atoms. The first-order chi connectivity index (χ1) is 18.5. The van der Waals surface area contributed by atoms with Crippen LogP contribution in [0.25, 0.3) is 22.6 Å². The fourth-order valence-electron chi connectivity index (χ4n) is 5.17. The van der Waals surface area contributed by atoms with Crippen molar-refractivity contribution in [3.8, 4) is 23.1 Å². The van der Waals surface area contributed by atoms with Gasteiger partial charge in [-0.25, -0.2) is 9.78 Å². The normalized spacial score (nSPS) is 14.7. The number of hydrogen-bond donors (Lipinski definition) is 1. The molecule has 0 spiro atoms. The summed E-state index contributed by atoms with van der Waals surface area (Å²) in [6.45, 7) is 0. The first-order valence-corrected chi connectivity index (χ1v) is 12.7. The van der Waals surface area contributed by atoms with Gasteiger partial charge in [-0.2, -0.15) is 0 Å². The number of carbonyl (C=O) groups excluding carboxylic acids is 2. The van der Waals surface area contributed by atoms with Crippen molar-refractivity contribution < 1.29 is 28.2 Å². The van der Waals surface area contributed by atoms with Crippen LogP contribution in [0.5, 0.6) is 11.5 Å². The first-order valence-electron chi connectivity index (χ1n) is 12.7. The molecule has 0 aliphatic heterocycles. The summed E-state index contributed by atoms with van der Waals surface area (Å²) in [5.41, 5.74) is 2.52. The van der Waals surface area contributed by atoms with Gasteiger partial charge in [0.1, 0.15) is 0 Å². The van der Waals surface area contributed by atoms with Gasteiger partial charge >= 0.3 is 5.97 Å². The fraction of sp³-hybridized carbons (Fsp3) is 0.345. The van der Waals surface area contributed by atoms with Crippen molar-refractivity contribution in [2.24, 2.45) is 0 Å². The van der Waals surface area contributed by atoms with E-state index in [1.54, 1.807) is 36.6 Å². The highest BCUT2D eigenvalue weighted by molar-refractivity contribution is 6.00. The van der Waals surface area contributed by atoms with Gasteiger partial charge in [-0.15, -0.1) is 0 Å². The van der Waals surface area contributed by atoms with E-state index in [2.05, 4.69) is 9.88 Å². The number of imidazole rings is 1. The SMILES string of the molecule is COC(=O)C(NC(=O)c1ccc2c(c1)nc(-c1ccco1)n2C1CCCCC1)c1ccc(OC)c(OC)c1. The van der Waals surface area contributed by atoms with Crippen LogP contribution in [0.4, 0.5) is 0 Å². The van der Waals surface area contributed by atoms with Gasteiger partial charge in [0.05, 0.1) is 38.6 Å². The van der Waals surface area contributed by atoms with Gasteiger partial charge in [0, 0.05) is 11.6 Å². The first kappa shape index (κ1) is 25.4. The Labute approximate surface area is 220 Å². The number of esters is 1. The molecular weight excluding hydrogens is 486 g/mol. The standard InChI is InChI=1S/C29H31N3O6/c1-35-23-14-12-18(17-25(23)36-2)26(29(34)37-3)31-28(33)19-11-13-22-21(16-19)30-27(24-10-7-15-38-24)32(22)20-8-5-4-6-9-20/h7,10-17,20,26H,4-6,8-9H2,1-3H3,(H,31,33). The maximum absolute atomic E-state index is 13.4. The van der Waals surface area contributed by atoms with E-state index in [1.807, 2.05) is 18.2 Å². The van der Waals surface area contributed by atoms with Crippen LogP contribution in [-0.4, -0.2) is 42.8 Å². The molecule has 2 aromatic heterocycles. The Kier molecular flexibility index (Phi) is 7.35. The molecule has 198 valence electrons. The molecule has 38 heavy (non-hydrogen) atoms. The lowest BCUT2D eigenvalue weighted by molar-refractivity contribution is -0.143. The van der Waals surface area contributed by atoms with E-state index in [-0.39, 0.29) is 0 Å². The Morgan fingerprint density at radius 2 is 1.79 bits per heavy atom. The molecule has 5 rings (SSSR count). The quantitative estimate of drug-likeness (QED) is 0.309. The topological polar surface area (TPSA) is 105 Å². The number of amides is 1. The number of furan rings is 1. The highest BCUT2D eigenvalue weighted by atomic mass is 16.5. The monoisotopic (exact) mass is 517 g/mol. The second kappa shape index (κ2) is 11.0. The average Bonchev–Trinajstić information content (AvgIpc) is 3.63. The summed E-state index contributed by atoms with van der Waals surface area (Å²) < 4.78 is 23.6. The Balaban J connectivity index is 1.48. The number of fused-ring (bicyclic) bond motifs is 1. The zero-order valence-corrected chi connectivity index (χ0v) is 21.7. The third-order valence-electron chi connectivity index (χ3n) is 7.09. The van der Waals surface area contributed by atoms with Gasteiger partial charge in [0.2, 0.25) is 0 Å². The van der Waals surface area contributed by atoms with Crippen molar-refractivity contribution in [1.29, 1.82) is 0 Å². The number of aromatic nitrogens is 2. The molecule has 1 N–H and O–H groups in total. The summed E-state index contributed by atoms with van der Waals surface area (Å²) in [6, 6.07) is 13.5. The lowest BCUT2D eigenvalue weighted by atomic mass is 9.95. The maximum Gasteiger partial charge on any atom is 0.333 e. The summed E-state index contributed by atoms with van der Waals surface area (Å²) in [4.78, 5) is 30.9. The maximum atomic E-state index is 13.4. The van der Waals surface area contributed by atoms with Crippen molar-refractivity contribution in [2.45, 2.75) is 44.2 Å². The minimum atomic E-state index is -1.04. The van der Waals surface area contributed by atoms with Crippen LogP contribution in [0.3, 0.4) is 0 Å². The lowest BCUT2D eigenvalue weighted by Crippen LogP contribution is -2.34. The van der Waals surface area contributed by atoms with Crippen molar-refractivity contribution in [3.63, 3.8) is 0 Å². The van der Waals surface area contributed by atoms with Gasteiger partial charge in [0.15, 0.2) is 29.1 Å². The summed E-state index contributed by atoms with van der Waals surface area (Å²) in [5, 5.41) is 2.80. The van der Waals surface area contributed by atoms with Crippen LogP contribution in [0.2, 0.25) is 0 Å². The van der Waals surface area contributed by atoms with E-state index >= 15 is 0 Å². The molecule has 1 unspecified atom stereocenters. The molecule has 1 atom stereocenters. The van der Waals surface area contributed by atoms with Crippen molar-refractivity contribution in [3.05, 3.63) is 65.9 Å². The van der Waals surface area contributed by atoms with Gasteiger partial charge < -0.3 is 28.5 Å². The van der Waals surface area contributed by atoms with Crippen LogP contribution < -0.4 is 14.8 Å². The van der Waals surface area contributed by atoms with E-state index in [4.69, 9.17) is 23.6 Å². The predicted octanol–water partition coefficient (Wildman–Crippen LogP) is 5.46. The lowest BCUT2D eigenvalue weighted by Gasteiger charge is -2.25. The number of nitrogens with zero attached hydrogens (tertiary/aromatic N) is 2. The fourth-order valence-corrected chi connectivity index (χ4v) is 5.17. The number of nitrogens with one attached hydrogen (secondary N) is 1. The molecule has 0 saturated heterocycles. The highest BCUT2D eigenvalue weighted by Gasteiger charge is 2.27. The molecule has 1 aliphatic carbocycles. The summed E-state index contributed by atoms with van der Waals surface area (Å²) >= 11 is 0. The minimum Gasteiger partial charge on any atom is -0.493 e. The summed E-state index contributed by atoms with van der Waals surface area (Å²) in [5.74, 6) is 1.37. The Morgan fingerprint density at radius 1 is 1.00 bits per heavy atom. The smallest absolute Gasteiger partial charge is 0.333 e. The number of carbonyl (C=O) groups is 2. The summed E-state index contributed by atoms with van der Waals surface area (Å²) in [6.07, 6.45) is 7.38. The highest BCUT2D eigenvalue weighted by Crippen LogP contribution is 2.36. The molecule has 1 aliphatic rings. The van der Waals surface area contributed by atoms with E-state index in [0.29, 0.717) is 39.9 Å². The molecule has 9 heteroatoms. The number of ether oxygens (including phenoxy) is 3.